The minimum atomic E-state index is -0.428. The number of amides is 1. The van der Waals surface area contributed by atoms with Gasteiger partial charge in [0.05, 0.1) is 16.4 Å². The summed E-state index contributed by atoms with van der Waals surface area (Å²) in [5.41, 5.74) is 1.25. The molecule has 0 saturated heterocycles. The largest absolute Gasteiger partial charge is 0.305 e. The van der Waals surface area contributed by atoms with E-state index in [1.165, 1.54) is 0 Å². The van der Waals surface area contributed by atoms with Gasteiger partial charge >= 0.3 is 0 Å². The van der Waals surface area contributed by atoms with Crippen LogP contribution in [0.3, 0.4) is 0 Å². The van der Waals surface area contributed by atoms with Crippen molar-refractivity contribution in [3.8, 4) is 0 Å². The van der Waals surface area contributed by atoms with Crippen molar-refractivity contribution in [1.82, 2.24) is 19.7 Å². The topological polar surface area (TPSA) is 92.7 Å². The molecule has 7 nitrogen and oxygen atoms in total. The van der Waals surface area contributed by atoms with Crippen LogP contribution in [-0.4, -0.2) is 25.7 Å². The number of carbonyl (C=O) groups excluding carboxylic acids is 1. The highest BCUT2D eigenvalue weighted by molar-refractivity contribution is 6.10. The van der Waals surface area contributed by atoms with Crippen molar-refractivity contribution in [2.75, 3.05) is 5.32 Å². The number of fused-ring (bicyclic) bond motifs is 2. The molecule has 2 heterocycles. The molecule has 4 aromatic rings. The molecule has 4 rings (SSSR count). The minimum Gasteiger partial charge on any atom is -0.305 e. The first-order chi connectivity index (χ1) is 12.9. The lowest BCUT2D eigenvalue weighted by molar-refractivity contribution is 0.102. The van der Waals surface area contributed by atoms with E-state index in [2.05, 4.69) is 20.5 Å². The summed E-state index contributed by atoms with van der Waals surface area (Å²) in [5, 5.41) is 10.1. The van der Waals surface area contributed by atoms with Crippen LogP contribution in [0, 0.1) is 0 Å². The number of nitrogens with zero attached hydrogens (tertiary/aromatic N) is 3. The van der Waals surface area contributed by atoms with Crippen molar-refractivity contribution in [2.45, 2.75) is 26.3 Å². The van der Waals surface area contributed by atoms with Crippen LogP contribution in [-0.2, 0) is 5.54 Å². The maximum atomic E-state index is 12.9. The van der Waals surface area contributed by atoms with E-state index in [1.807, 2.05) is 49.6 Å². The third-order valence-electron chi connectivity index (χ3n) is 4.37. The van der Waals surface area contributed by atoms with Gasteiger partial charge in [0, 0.05) is 10.9 Å². The first-order valence-corrected chi connectivity index (χ1v) is 8.63. The molecular formula is C20H19N5O2. The van der Waals surface area contributed by atoms with Crippen molar-refractivity contribution in [1.29, 1.82) is 0 Å². The Hall–Kier alpha value is -3.48. The van der Waals surface area contributed by atoms with Gasteiger partial charge in [0.25, 0.3) is 11.5 Å². The van der Waals surface area contributed by atoms with Crippen molar-refractivity contribution in [3.05, 3.63) is 64.6 Å². The van der Waals surface area contributed by atoms with Crippen molar-refractivity contribution >= 4 is 33.7 Å². The van der Waals surface area contributed by atoms with Gasteiger partial charge in [-0.25, -0.2) is 10.1 Å². The first kappa shape index (κ1) is 17.0. The summed E-state index contributed by atoms with van der Waals surface area (Å²) in [6.45, 7) is 6.14. The quantitative estimate of drug-likeness (QED) is 0.573. The van der Waals surface area contributed by atoms with E-state index in [1.54, 1.807) is 24.3 Å². The molecule has 0 saturated carbocycles. The number of imidazole rings is 1. The average molecular weight is 361 g/mol. The molecule has 1 amide bonds. The van der Waals surface area contributed by atoms with Crippen LogP contribution >= 0.6 is 0 Å². The monoisotopic (exact) mass is 361 g/mol. The molecule has 0 aliphatic carbocycles. The zero-order valence-corrected chi connectivity index (χ0v) is 15.3. The number of benzene rings is 2. The lowest BCUT2D eigenvalue weighted by Gasteiger charge is -2.24. The van der Waals surface area contributed by atoms with E-state index in [0.717, 1.165) is 11.0 Å². The lowest BCUT2D eigenvalue weighted by atomic mass is 10.1. The highest BCUT2D eigenvalue weighted by Gasteiger charge is 2.24. The summed E-state index contributed by atoms with van der Waals surface area (Å²) in [5.74, 6) is 0.00837. The van der Waals surface area contributed by atoms with E-state index in [4.69, 9.17) is 0 Å². The Morgan fingerprint density at radius 3 is 2.44 bits per heavy atom. The molecule has 0 bridgehead atoms. The number of rotatable bonds is 2. The first-order valence-electron chi connectivity index (χ1n) is 8.63. The molecule has 2 aromatic carbocycles. The molecule has 0 fully saturated rings. The van der Waals surface area contributed by atoms with Gasteiger partial charge in [-0.1, -0.05) is 30.3 Å². The summed E-state index contributed by atoms with van der Waals surface area (Å²) in [6.07, 6.45) is 0. The zero-order chi connectivity index (χ0) is 19.2. The predicted octanol–water partition coefficient (Wildman–Crippen LogP) is 3.28. The molecule has 0 atom stereocenters. The second-order valence-electron chi connectivity index (χ2n) is 7.33. The molecule has 0 aliphatic heterocycles. The number of aromatic nitrogens is 4. The van der Waals surface area contributed by atoms with Crippen LogP contribution in [0.25, 0.3) is 21.8 Å². The number of carbonyl (C=O) groups is 1. The van der Waals surface area contributed by atoms with Gasteiger partial charge in [-0.2, -0.15) is 5.10 Å². The third kappa shape index (κ3) is 2.87. The fraction of sp³-hybridized carbons (Fsp3) is 0.200. The molecular weight excluding hydrogens is 342 g/mol. The Morgan fingerprint density at radius 1 is 1.04 bits per heavy atom. The van der Waals surface area contributed by atoms with Gasteiger partial charge in [-0.05, 0) is 39.0 Å². The van der Waals surface area contributed by atoms with Crippen LogP contribution in [0.4, 0.5) is 5.95 Å². The van der Waals surface area contributed by atoms with Crippen LogP contribution in [0.2, 0.25) is 0 Å². The van der Waals surface area contributed by atoms with E-state index in [0.29, 0.717) is 16.7 Å². The highest BCUT2D eigenvalue weighted by Crippen LogP contribution is 2.28. The molecule has 136 valence electrons. The lowest BCUT2D eigenvalue weighted by Crippen LogP contribution is -2.27. The number of anilines is 1. The molecule has 27 heavy (non-hydrogen) atoms. The summed E-state index contributed by atoms with van der Waals surface area (Å²) >= 11 is 0. The second kappa shape index (κ2) is 6.05. The molecule has 7 heteroatoms. The number of H-pyrrole nitrogens is 1. The molecule has 2 N–H and O–H groups in total. The molecule has 0 aliphatic rings. The summed E-state index contributed by atoms with van der Waals surface area (Å²) < 4.78 is 1.98. The third-order valence-corrected chi connectivity index (χ3v) is 4.37. The normalized spacial score (nSPS) is 11.8. The van der Waals surface area contributed by atoms with Gasteiger partial charge in [-0.3, -0.25) is 14.9 Å². The Labute approximate surface area is 155 Å². The molecule has 0 radical (unpaired) electrons. The Kier molecular flexibility index (Phi) is 3.80. The molecule has 0 unspecified atom stereocenters. The van der Waals surface area contributed by atoms with Crippen LogP contribution in [0.1, 0.15) is 31.3 Å². The van der Waals surface area contributed by atoms with Crippen LogP contribution in [0.15, 0.2) is 53.3 Å². The number of aromatic amines is 1. The number of hydrogen-bond acceptors (Lipinski definition) is 4. The van der Waals surface area contributed by atoms with Gasteiger partial charge in [0.1, 0.15) is 0 Å². The van der Waals surface area contributed by atoms with Gasteiger partial charge in [0.15, 0.2) is 5.69 Å². The van der Waals surface area contributed by atoms with Gasteiger partial charge in [-0.15, -0.1) is 0 Å². The number of hydrogen-bond donors (Lipinski definition) is 2. The standard InChI is InChI=1S/C20H19N5O2/c1-20(2,3)25-15-11-7-6-10-14(15)21-19(25)22-18(27)16-12-8-4-5-9-13(12)17(26)24-23-16/h4-11H,1-3H3,(H,24,26)(H,21,22,27). The summed E-state index contributed by atoms with van der Waals surface area (Å²) in [6, 6.07) is 14.6. The zero-order valence-electron chi connectivity index (χ0n) is 15.3. The van der Waals surface area contributed by atoms with E-state index < -0.39 is 5.91 Å². The smallest absolute Gasteiger partial charge is 0.279 e. The summed E-state index contributed by atoms with van der Waals surface area (Å²) in [7, 11) is 0. The van der Waals surface area contributed by atoms with Crippen LogP contribution in [0.5, 0.6) is 0 Å². The Morgan fingerprint density at radius 2 is 1.70 bits per heavy atom. The van der Waals surface area contributed by atoms with Crippen molar-refractivity contribution < 1.29 is 4.79 Å². The van der Waals surface area contributed by atoms with Crippen LogP contribution < -0.4 is 10.9 Å². The molecule has 2 aromatic heterocycles. The van der Waals surface area contributed by atoms with Gasteiger partial charge < -0.3 is 4.57 Å². The van der Waals surface area contributed by atoms with E-state index in [9.17, 15) is 9.59 Å². The van der Waals surface area contributed by atoms with E-state index in [-0.39, 0.29) is 16.8 Å². The Balaban J connectivity index is 1.83. The average Bonchev–Trinajstić information content (AvgIpc) is 3.00. The fourth-order valence-electron chi connectivity index (χ4n) is 3.24. The maximum Gasteiger partial charge on any atom is 0.279 e. The van der Waals surface area contributed by atoms with E-state index >= 15 is 0 Å². The highest BCUT2D eigenvalue weighted by atomic mass is 16.2. The number of nitrogens with one attached hydrogen (secondary N) is 2. The minimum absolute atomic E-state index is 0.151. The molecule has 0 spiro atoms. The maximum absolute atomic E-state index is 12.9. The Bertz CT molecular complexity index is 1230. The second-order valence-corrected chi connectivity index (χ2v) is 7.33. The predicted molar refractivity (Wildman–Crippen MR) is 105 cm³/mol. The van der Waals surface area contributed by atoms with Gasteiger partial charge in [0.2, 0.25) is 5.95 Å². The summed E-state index contributed by atoms with van der Waals surface area (Å²) in [4.78, 5) is 29.5. The van der Waals surface area contributed by atoms with Crippen molar-refractivity contribution in [3.63, 3.8) is 0 Å². The fourth-order valence-corrected chi connectivity index (χ4v) is 3.24. The van der Waals surface area contributed by atoms with Crippen molar-refractivity contribution in [2.24, 2.45) is 0 Å². The number of para-hydroxylation sites is 2. The SMILES string of the molecule is CC(C)(C)n1c(NC(=O)c2n[nH]c(=O)c3ccccc23)nc2ccccc21.